The summed E-state index contributed by atoms with van der Waals surface area (Å²) in [5.74, 6) is 0. The minimum absolute atomic E-state index is 0.146. The van der Waals surface area contributed by atoms with Crippen LogP contribution >= 0.6 is 0 Å². The number of benzene rings is 2. The highest BCUT2D eigenvalue weighted by Gasteiger charge is 2.09. The van der Waals surface area contributed by atoms with E-state index in [9.17, 15) is 8.42 Å². The van der Waals surface area contributed by atoms with Crippen LogP contribution in [0.25, 0.3) is 0 Å². The predicted molar refractivity (Wildman–Crippen MR) is 91.9 cm³/mol. The Morgan fingerprint density at radius 3 is 2.57 bits per heavy atom. The summed E-state index contributed by atoms with van der Waals surface area (Å²) in [4.78, 5) is 0.146. The topological polar surface area (TPSA) is 84.2 Å². The first-order chi connectivity index (χ1) is 11.0. The molecule has 2 aromatic rings. The largest absolute Gasteiger partial charge is 0.384 e. The van der Waals surface area contributed by atoms with E-state index in [-0.39, 0.29) is 4.90 Å². The van der Waals surface area contributed by atoms with Crippen LogP contribution in [0.3, 0.4) is 0 Å². The number of rotatable bonds is 6. The van der Waals surface area contributed by atoms with Crippen molar-refractivity contribution in [3.63, 3.8) is 0 Å². The predicted octanol–water partition coefficient (Wildman–Crippen LogP) is 1.63. The Morgan fingerprint density at radius 2 is 1.83 bits per heavy atom. The van der Waals surface area contributed by atoms with Crippen molar-refractivity contribution in [2.24, 2.45) is 5.14 Å². The van der Waals surface area contributed by atoms with Crippen molar-refractivity contribution >= 4 is 15.7 Å². The van der Waals surface area contributed by atoms with E-state index >= 15 is 0 Å². The van der Waals surface area contributed by atoms with E-state index in [1.54, 1.807) is 24.3 Å². The summed E-state index contributed by atoms with van der Waals surface area (Å²) in [5.41, 5.74) is 5.04. The van der Waals surface area contributed by atoms with Crippen molar-refractivity contribution in [2.75, 3.05) is 18.4 Å². The van der Waals surface area contributed by atoms with Gasteiger partial charge in [-0.2, -0.15) is 0 Å². The van der Waals surface area contributed by atoms with Crippen molar-refractivity contribution in [1.29, 1.82) is 0 Å². The van der Waals surface area contributed by atoms with Gasteiger partial charge in [0.1, 0.15) is 0 Å². The van der Waals surface area contributed by atoms with Crippen molar-refractivity contribution in [3.8, 4) is 0 Å². The monoisotopic (exact) mass is 331 g/mol. The molecule has 0 saturated heterocycles. The summed E-state index contributed by atoms with van der Waals surface area (Å²) < 4.78 is 22.4. The summed E-state index contributed by atoms with van der Waals surface area (Å²) in [6, 6.07) is 13.3. The third kappa shape index (κ3) is 4.10. The maximum absolute atomic E-state index is 11.2. The molecule has 122 valence electrons. The fourth-order valence-corrected chi connectivity index (χ4v) is 3.29. The SMILES string of the molecule is NS(=O)(=O)c1ccc(CNCCc2ccc3c(c2)CCN3)cc1. The lowest BCUT2D eigenvalue weighted by Gasteiger charge is -2.07. The Labute approximate surface area is 137 Å². The van der Waals surface area contributed by atoms with Gasteiger partial charge in [0.15, 0.2) is 0 Å². The van der Waals surface area contributed by atoms with Crippen LogP contribution in [0.2, 0.25) is 0 Å². The zero-order valence-electron chi connectivity index (χ0n) is 12.9. The number of nitrogens with two attached hydrogens (primary N) is 1. The Hall–Kier alpha value is -1.89. The van der Waals surface area contributed by atoms with E-state index in [0.29, 0.717) is 6.54 Å². The minimum atomic E-state index is -3.61. The third-order valence-corrected chi connectivity index (χ3v) is 4.98. The molecule has 5 nitrogen and oxygen atoms in total. The van der Waals surface area contributed by atoms with Gasteiger partial charge in [-0.05, 0) is 54.3 Å². The van der Waals surface area contributed by atoms with Crippen molar-refractivity contribution < 1.29 is 8.42 Å². The van der Waals surface area contributed by atoms with E-state index in [1.807, 2.05) is 0 Å². The molecule has 0 radical (unpaired) electrons. The molecule has 1 heterocycles. The summed E-state index contributed by atoms with van der Waals surface area (Å²) >= 11 is 0. The second-order valence-electron chi connectivity index (χ2n) is 5.78. The highest BCUT2D eigenvalue weighted by Crippen LogP contribution is 2.23. The molecule has 0 bridgehead atoms. The van der Waals surface area contributed by atoms with E-state index in [4.69, 9.17) is 5.14 Å². The number of anilines is 1. The highest BCUT2D eigenvalue weighted by atomic mass is 32.2. The van der Waals surface area contributed by atoms with Crippen LogP contribution in [0, 0.1) is 0 Å². The van der Waals surface area contributed by atoms with Crippen LogP contribution in [-0.2, 0) is 29.4 Å². The quantitative estimate of drug-likeness (QED) is 0.703. The van der Waals surface area contributed by atoms with Gasteiger partial charge < -0.3 is 10.6 Å². The number of hydrogen-bond donors (Lipinski definition) is 3. The van der Waals surface area contributed by atoms with Crippen LogP contribution in [0.5, 0.6) is 0 Å². The Kier molecular flexibility index (Phi) is 4.66. The molecule has 0 spiro atoms. The van der Waals surface area contributed by atoms with Gasteiger partial charge in [-0.15, -0.1) is 0 Å². The number of fused-ring (bicyclic) bond motifs is 1. The summed E-state index contributed by atoms with van der Waals surface area (Å²) in [6.07, 6.45) is 2.08. The molecule has 0 atom stereocenters. The van der Waals surface area contributed by atoms with Gasteiger partial charge in [0.25, 0.3) is 0 Å². The molecule has 0 saturated carbocycles. The van der Waals surface area contributed by atoms with E-state index in [1.165, 1.54) is 16.8 Å². The first-order valence-corrected chi connectivity index (χ1v) is 9.25. The molecule has 0 amide bonds. The Bertz CT molecular complexity index is 786. The Morgan fingerprint density at radius 1 is 1.09 bits per heavy atom. The van der Waals surface area contributed by atoms with Crippen LogP contribution in [0.15, 0.2) is 47.4 Å². The molecule has 0 unspecified atom stereocenters. The maximum Gasteiger partial charge on any atom is 0.238 e. The van der Waals surface area contributed by atoms with Gasteiger partial charge in [-0.25, -0.2) is 13.6 Å². The molecule has 6 heteroatoms. The average Bonchev–Trinajstić information content (AvgIpc) is 2.99. The van der Waals surface area contributed by atoms with Crippen LogP contribution in [0.1, 0.15) is 16.7 Å². The first kappa shape index (κ1) is 16.0. The lowest BCUT2D eigenvalue weighted by atomic mass is 10.1. The van der Waals surface area contributed by atoms with E-state index in [0.717, 1.165) is 31.5 Å². The molecule has 4 N–H and O–H groups in total. The second-order valence-corrected chi connectivity index (χ2v) is 7.35. The van der Waals surface area contributed by atoms with Crippen LogP contribution < -0.4 is 15.8 Å². The van der Waals surface area contributed by atoms with Crippen LogP contribution in [0.4, 0.5) is 5.69 Å². The zero-order chi connectivity index (χ0) is 16.3. The Balaban J connectivity index is 1.48. The number of sulfonamides is 1. The normalized spacial score (nSPS) is 13.6. The molecule has 23 heavy (non-hydrogen) atoms. The van der Waals surface area contributed by atoms with Crippen LogP contribution in [-0.4, -0.2) is 21.5 Å². The zero-order valence-corrected chi connectivity index (χ0v) is 13.7. The fraction of sp³-hybridized carbons (Fsp3) is 0.294. The molecule has 1 aliphatic heterocycles. The average molecular weight is 331 g/mol. The van der Waals surface area contributed by atoms with Crippen molar-refractivity contribution in [1.82, 2.24) is 5.32 Å². The summed E-state index contributed by atoms with van der Waals surface area (Å²) in [6.45, 7) is 2.62. The summed E-state index contributed by atoms with van der Waals surface area (Å²) in [5, 5.41) is 11.8. The standard InChI is InChI=1S/C17H21N3O2S/c18-23(21,22)16-4-1-14(2-5-16)12-19-9-7-13-3-6-17-15(11-13)8-10-20-17/h1-6,11,19-20H,7-10,12H2,(H2,18,21,22). The van der Waals surface area contributed by atoms with Gasteiger partial charge in [0.05, 0.1) is 4.90 Å². The number of nitrogens with one attached hydrogen (secondary N) is 2. The molecule has 1 aliphatic rings. The maximum atomic E-state index is 11.2. The van der Waals surface area contributed by atoms with E-state index in [2.05, 4.69) is 28.8 Å². The molecular formula is C17H21N3O2S. The van der Waals surface area contributed by atoms with Gasteiger partial charge in [0, 0.05) is 18.8 Å². The third-order valence-electron chi connectivity index (χ3n) is 4.05. The van der Waals surface area contributed by atoms with Crippen molar-refractivity contribution in [2.45, 2.75) is 24.3 Å². The second kappa shape index (κ2) is 6.70. The molecule has 2 aromatic carbocycles. The minimum Gasteiger partial charge on any atom is -0.384 e. The lowest BCUT2D eigenvalue weighted by molar-refractivity contribution is 0.597. The molecule has 3 rings (SSSR count). The van der Waals surface area contributed by atoms with Crippen molar-refractivity contribution in [3.05, 3.63) is 59.2 Å². The summed E-state index contributed by atoms with van der Waals surface area (Å²) in [7, 11) is -3.61. The van der Waals surface area contributed by atoms with E-state index < -0.39 is 10.0 Å². The fourth-order valence-electron chi connectivity index (χ4n) is 2.78. The molecule has 0 aromatic heterocycles. The van der Waals surface area contributed by atoms with Gasteiger partial charge in [0.2, 0.25) is 10.0 Å². The number of hydrogen-bond acceptors (Lipinski definition) is 4. The lowest BCUT2D eigenvalue weighted by Crippen LogP contribution is -2.17. The van der Waals surface area contributed by atoms with Gasteiger partial charge in [-0.1, -0.05) is 24.3 Å². The van der Waals surface area contributed by atoms with Gasteiger partial charge in [-0.3, -0.25) is 0 Å². The molecule has 0 aliphatic carbocycles. The smallest absolute Gasteiger partial charge is 0.238 e. The highest BCUT2D eigenvalue weighted by molar-refractivity contribution is 7.89. The molecular weight excluding hydrogens is 310 g/mol. The molecule has 0 fully saturated rings. The van der Waals surface area contributed by atoms with Gasteiger partial charge >= 0.3 is 0 Å². The first-order valence-electron chi connectivity index (χ1n) is 7.70. The number of primary sulfonamides is 1.